The van der Waals surface area contributed by atoms with Gasteiger partial charge in [-0.15, -0.1) is 0 Å². The molecule has 0 radical (unpaired) electrons. The molecule has 0 aromatic carbocycles. The van der Waals surface area contributed by atoms with Gasteiger partial charge in [0.1, 0.15) is 0 Å². The minimum absolute atomic E-state index is 0.794. The summed E-state index contributed by atoms with van der Waals surface area (Å²) < 4.78 is 3.74. The van der Waals surface area contributed by atoms with Gasteiger partial charge in [-0.25, -0.2) is 25.0 Å². The van der Waals surface area contributed by atoms with E-state index in [0.717, 1.165) is 7.11 Å². The maximum Gasteiger partial charge on any atom is 0.541 e. The number of methoxy groups -OCH3 is 1. The number of amides is 1. The fourth-order valence-corrected chi connectivity index (χ4v) is 0.275. The first kappa shape index (κ1) is 9.07. The molecule has 0 aliphatic carbocycles. The summed E-state index contributed by atoms with van der Waals surface area (Å²) in [6.07, 6.45) is -1.65. The number of hydrazine groups is 2. The highest BCUT2D eigenvalue weighted by Crippen LogP contribution is 1.92. The molecule has 9 nitrogen and oxygen atoms in total. The van der Waals surface area contributed by atoms with Crippen LogP contribution >= 0.6 is 0 Å². The topological polar surface area (TPSA) is 116 Å². The minimum Gasteiger partial charge on any atom is -0.444 e. The molecule has 9 heteroatoms. The molecule has 0 heterocycles. The van der Waals surface area contributed by atoms with Crippen molar-refractivity contribution in [1.29, 1.82) is 0 Å². The van der Waals surface area contributed by atoms with Gasteiger partial charge in [-0.1, -0.05) is 0 Å². The molecule has 0 rings (SSSR count). The lowest BCUT2D eigenvalue weighted by Crippen LogP contribution is -2.40. The Labute approximate surface area is 59.4 Å². The van der Waals surface area contributed by atoms with Gasteiger partial charge in [0, 0.05) is 0 Å². The first-order chi connectivity index (χ1) is 5.00. The van der Waals surface area contributed by atoms with E-state index in [-0.39, 0.29) is 0 Å². The molecule has 0 fully saturated rings. The highest BCUT2D eigenvalue weighted by atomic mass is 16.8. The Morgan fingerprint density at radius 3 is 1.82 bits per heavy atom. The molecule has 0 aliphatic heterocycles. The summed E-state index contributed by atoms with van der Waals surface area (Å²) >= 11 is 0. The second kappa shape index (κ2) is 3.29. The number of carbonyl (C=O) groups excluding carboxylic acids is 1. The Balaban J connectivity index is 4.47. The molecule has 62 valence electrons. The first-order valence-electron chi connectivity index (χ1n) is 2.17. The molecule has 11 heavy (non-hydrogen) atoms. The van der Waals surface area contributed by atoms with Gasteiger partial charge in [-0.2, -0.15) is 0 Å². The zero-order valence-corrected chi connectivity index (χ0v) is 5.29. The van der Waals surface area contributed by atoms with Gasteiger partial charge < -0.3 is 4.74 Å². The van der Waals surface area contributed by atoms with Crippen molar-refractivity contribution in [2.75, 3.05) is 7.11 Å². The predicted octanol–water partition coefficient (Wildman–Crippen LogP) is -0.562. The van der Waals surface area contributed by atoms with Crippen molar-refractivity contribution in [2.24, 2.45) is 0 Å². The van der Waals surface area contributed by atoms with Gasteiger partial charge in [-0.05, 0) is 0 Å². The highest BCUT2D eigenvalue weighted by Gasteiger charge is 2.38. The van der Waals surface area contributed by atoms with Gasteiger partial charge in [0.15, 0.2) is 0 Å². The summed E-state index contributed by atoms with van der Waals surface area (Å²) in [5.41, 5.74) is 0. The van der Waals surface area contributed by atoms with E-state index in [0.29, 0.717) is 0 Å². The third-order valence-electron chi connectivity index (χ3n) is 0.647. The van der Waals surface area contributed by atoms with E-state index >= 15 is 0 Å². The van der Waals surface area contributed by atoms with Crippen LogP contribution in [0, 0.1) is 20.2 Å². The third-order valence-corrected chi connectivity index (χ3v) is 0.647. The summed E-state index contributed by atoms with van der Waals surface area (Å²) in [5, 5.41) is 15.6. The Kier molecular flexibility index (Phi) is 2.71. The van der Waals surface area contributed by atoms with Crippen molar-refractivity contribution >= 4 is 6.09 Å². The number of rotatable bonds is 2. The lowest BCUT2D eigenvalue weighted by molar-refractivity contribution is -0.885. The van der Waals surface area contributed by atoms with E-state index in [1.807, 2.05) is 0 Å². The Bertz CT molecular complexity index is 186. The maximum atomic E-state index is 10.2. The zero-order chi connectivity index (χ0) is 9.02. The lowest BCUT2D eigenvalue weighted by Gasteiger charge is -1.98. The first-order valence-corrected chi connectivity index (χ1v) is 2.17. The van der Waals surface area contributed by atoms with E-state index < -0.39 is 21.3 Å². The predicted molar refractivity (Wildman–Crippen MR) is 28.2 cm³/mol. The number of nitrogens with zero attached hydrogens (tertiary/aromatic N) is 3. The van der Waals surface area contributed by atoms with Crippen LogP contribution in [0.4, 0.5) is 4.79 Å². The lowest BCUT2D eigenvalue weighted by atomic mass is 11.2. The van der Waals surface area contributed by atoms with E-state index in [1.165, 1.54) is 0 Å². The van der Waals surface area contributed by atoms with Gasteiger partial charge in [0.05, 0.1) is 7.11 Å². The average molecular weight is 165 g/mol. The van der Waals surface area contributed by atoms with Crippen molar-refractivity contribution in [2.45, 2.75) is 0 Å². The second-order valence-electron chi connectivity index (χ2n) is 1.24. The van der Waals surface area contributed by atoms with Crippen LogP contribution in [0.3, 0.4) is 0 Å². The molecule has 0 aromatic heterocycles. The molecule has 0 spiro atoms. The van der Waals surface area contributed by atoms with E-state index in [4.69, 9.17) is 0 Å². The zero-order valence-electron chi connectivity index (χ0n) is 5.29. The minimum atomic E-state index is -1.65. The molecular weight excluding hydrogens is 162 g/mol. The molecule has 0 aliphatic rings. The Morgan fingerprint density at radius 2 is 1.73 bits per heavy atom. The van der Waals surface area contributed by atoms with Crippen molar-refractivity contribution in [3.63, 3.8) is 0 Å². The van der Waals surface area contributed by atoms with Crippen LogP contribution in [-0.2, 0) is 4.74 Å². The SMILES string of the molecule is COC(=O)N([N+](=O)[O-])[N+](=O)[O-]. The number of hydrogen-bond acceptors (Lipinski definition) is 6. The van der Waals surface area contributed by atoms with Gasteiger partial charge in [0.2, 0.25) is 10.1 Å². The van der Waals surface area contributed by atoms with Crippen LogP contribution in [0.15, 0.2) is 0 Å². The summed E-state index contributed by atoms with van der Waals surface area (Å²) in [6, 6.07) is 0. The summed E-state index contributed by atoms with van der Waals surface area (Å²) in [5.74, 6) is 0. The summed E-state index contributed by atoms with van der Waals surface area (Å²) in [7, 11) is 0.794. The van der Waals surface area contributed by atoms with E-state index in [9.17, 15) is 25.0 Å². The molecule has 0 N–H and O–H groups in total. The van der Waals surface area contributed by atoms with Crippen LogP contribution in [0.5, 0.6) is 0 Å². The Hall–Kier alpha value is -1.93. The molecule has 0 bridgehead atoms. The highest BCUT2D eigenvalue weighted by molar-refractivity contribution is 5.64. The standard InChI is InChI=1S/C2H3N3O6/c1-11-2(6)3(4(7)8)5(9)10/h1H3. The van der Waals surface area contributed by atoms with Crippen LogP contribution in [0.1, 0.15) is 0 Å². The average Bonchev–Trinajstić information content (AvgIpc) is 1.85. The van der Waals surface area contributed by atoms with Gasteiger partial charge >= 0.3 is 6.09 Å². The molecular formula is C2H3N3O6. The van der Waals surface area contributed by atoms with E-state index in [2.05, 4.69) is 4.74 Å². The largest absolute Gasteiger partial charge is 0.541 e. The third kappa shape index (κ3) is 2.04. The molecule has 1 amide bonds. The van der Waals surface area contributed by atoms with Gasteiger partial charge in [-0.3, -0.25) is 0 Å². The molecule has 0 aromatic rings. The van der Waals surface area contributed by atoms with E-state index in [1.54, 1.807) is 0 Å². The molecule has 0 saturated heterocycles. The monoisotopic (exact) mass is 165 g/mol. The summed E-state index contributed by atoms with van der Waals surface area (Å²) in [4.78, 5) is 29.7. The van der Waals surface area contributed by atoms with Gasteiger partial charge in [0.25, 0.3) is 5.12 Å². The fraction of sp³-hybridized carbons (Fsp3) is 0.500. The number of hydrogen-bond donors (Lipinski definition) is 0. The molecule has 0 saturated carbocycles. The fourth-order valence-electron chi connectivity index (χ4n) is 0.275. The molecule has 0 atom stereocenters. The quantitative estimate of drug-likeness (QED) is 0.399. The normalized spacial score (nSPS) is 8.45. The van der Waals surface area contributed by atoms with Crippen LogP contribution < -0.4 is 0 Å². The summed E-state index contributed by atoms with van der Waals surface area (Å²) in [6.45, 7) is 0. The van der Waals surface area contributed by atoms with Crippen LogP contribution in [0.25, 0.3) is 0 Å². The molecule has 0 unspecified atom stereocenters. The van der Waals surface area contributed by atoms with Crippen LogP contribution in [-0.4, -0.2) is 28.4 Å². The number of ether oxygens (including phenoxy) is 1. The maximum absolute atomic E-state index is 10.2. The smallest absolute Gasteiger partial charge is 0.444 e. The Morgan fingerprint density at radius 1 is 1.36 bits per heavy atom. The van der Waals surface area contributed by atoms with Crippen molar-refractivity contribution < 1.29 is 19.6 Å². The number of nitro groups is 2. The number of carbonyl (C=O) groups is 1. The van der Waals surface area contributed by atoms with Crippen molar-refractivity contribution in [1.82, 2.24) is 5.12 Å². The van der Waals surface area contributed by atoms with Crippen molar-refractivity contribution in [3.05, 3.63) is 20.2 Å². The van der Waals surface area contributed by atoms with Crippen LogP contribution in [0.2, 0.25) is 0 Å². The van der Waals surface area contributed by atoms with Crippen molar-refractivity contribution in [3.8, 4) is 0 Å². The second-order valence-corrected chi connectivity index (χ2v) is 1.24.